The summed E-state index contributed by atoms with van der Waals surface area (Å²) in [5, 5.41) is 5.90. The maximum absolute atomic E-state index is 11.9. The number of benzene rings is 1. The van der Waals surface area contributed by atoms with E-state index in [1.165, 1.54) is 7.11 Å². The summed E-state index contributed by atoms with van der Waals surface area (Å²) in [5.41, 5.74) is 1.00. The van der Waals surface area contributed by atoms with E-state index in [-0.39, 0.29) is 36.7 Å². The molecular formula is C17H25ClN2O4. The molecule has 1 aliphatic heterocycles. The molecule has 2 N–H and O–H groups in total. The summed E-state index contributed by atoms with van der Waals surface area (Å²) in [6.45, 7) is 4.24. The molecule has 1 aromatic carbocycles. The molecule has 0 aromatic heterocycles. The van der Waals surface area contributed by atoms with Gasteiger partial charge < -0.3 is 20.1 Å². The largest absolute Gasteiger partial charge is 0.494 e. The van der Waals surface area contributed by atoms with Crippen LogP contribution in [0.4, 0.5) is 0 Å². The summed E-state index contributed by atoms with van der Waals surface area (Å²) < 4.78 is 10.3. The van der Waals surface area contributed by atoms with E-state index in [9.17, 15) is 9.59 Å². The van der Waals surface area contributed by atoms with Crippen LogP contribution in [0.2, 0.25) is 0 Å². The van der Waals surface area contributed by atoms with Gasteiger partial charge in [-0.2, -0.15) is 0 Å². The molecule has 1 heterocycles. The summed E-state index contributed by atoms with van der Waals surface area (Å²) >= 11 is 0. The molecular weight excluding hydrogens is 332 g/mol. The van der Waals surface area contributed by atoms with Gasteiger partial charge in [-0.3, -0.25) is 9.59 Å². The first-order valence-electron chi connectivity index (χ1n) is 7.92. The first-order chi connectivity index (χ1) is 11.1. The SMILES string of the molecule is CCOc1ccc(CC(CNC(=O)C2CNC2)C(=O)OC)cc1.Cl. The number of ether oxygens (including phenoxy) is 2. The number of amides is 1. The van der Waals surface area contributed by atoms with Crippen LogP contribution in [-0.4, -0.2) is 45.2 Å². The van der Waals surface area contributed by atoms with Gasteiger partial charge in [0.15, 0.2) is 0 Å². The zero-order valence-corrected chi connectivity index (χ0v) is 14.9. The summed E-state index contributed by atoms with van der Waals surface area (Å²) in [7, 11) is 1.37. The van der Waals surface area contributed by atoms with Gasteiger partial charge in [0.25, 0.3) is 0 Å². The lowest BCUT2D eigenvalue weighted by Crippen LogP contribution is -2.51. The van der Waals surface area contributed by atoms with E-state index < -0.39 is 5.92 Å². The standard InChI is InChI=1S/C17H24N2O4.ClH/c1-3-23-15-6-4-12(5-7-15)8-13(17(21)22-2)11-19-16(20)14-9-18-10-14;/h4-7,13-14,18H,3,8-11H2,1-2H3,(H,19,20);1H. The van der Waals surface area contributed by atoms with Crippen LogP contribution in [0.3, 0.4) is 0 Å². The third-order valence-electron chi connectivity index (χ3n) is 3.93. The van der Waals surface area contributed by atoms with Crippen molar-refractivity contribution in [3.8, 4) is 5.75 Å². The highest BCUT2D eigenvalue weighted by atomic mass is 35.5. The Bertz CT molecular complexity index is 532. The molecule has 1 aromatic rings. The van der Waals surface area contributed by atoms with Crippen LogP contribution >= 0.6 is 12.4 Å². The normalized spacial score (nSPS) is 14.8. The number of methoxy groups -OCH3 is 1. The van der Waals surface area contributed by atoms with Crippen molar-refractivity contribution in [2.24, 2.45) is 11.8 Å². The lowest BCUT2D eigenvalue weighted by molar-refractivity contribution is -0.145. The number of rotatable bonds is 8. The molecule has 7 heteroatoms. The van der Waals surface area contributed by atoms with E-state index in [1.807, 2.05) is 31.2 Å². The summed E-state index contributed by atoms with van der Waals surface area (Å²) in [6.07, 6.45) is 0.516. The van der Waals surface area contributed by atoms with Crippen molar-refractivity contribution in [1.82, 2.24) is 10.6 Å². The van der Waals surface area contributed by atoms with Gasteiger partial charge in [0, 0.05) is 19.6 Å². The van der Waals surface area contributed by atoms with Crippen molar-refractivity contribution in [2.45, 2.75) is 13.3 Å². The van der Waals surface area contributed by atoms with Crippen LogP contribution in [0.25, 0.3) is 0 Å². The van der Waals surface area contributed by atoms with E-state index in [0.717, 1.165) is 11.3 Å². The Hall–Kier alpha value is -1.79. The molecule has 134 valence electrons. The molecule has 0 radical (unpaired) electrons. The molecule has 1 aliphatic rings. The Balaban J connectivity index is 0.00000288. The van der Waals surface area contributed by atoms with Crippen molar-refractivity contribution >= 4 is 24.3 Å². The van der Waals surface area contributed by atoms with Crippen molar-refractivity contribution in [3.63, 3.8) is 0 Å². The summed E-state index contributed by atoms with van der Waals surface area (Å²) in [4.78, 5) is 23.8. The van der Waals surface area contributed by atoms with Crippen LogP contribution < -0.4 is 15.4 Å². The van der Waals surface area contributed by atoms with Gasteiger partial charge in [-0.25, -0.2) is 0 Å². The Kier molecular flexibility index (Phi) is 8.57. The Morgan fingerprint density at radius 2 is 1.96 bits per heavy atom. The van der Waals surface area contributed by atoms with Crippen molar-refractivity contribution < 1.29 is 19.1 Å². The van der Waals surface area contributed by atoms with Crippen LogP contribution in [0.1, 0.15) is 12.5 Å². The van der Waals surface area contributed by atoms with Gasteiger partial charge in [0.1, 0.15) is 5.75 Å². The zero-order valence-electron chi connectivity index (χ0n) is 14.0. The predicted molar refractivity (Wildman–Crippen MR) is 93.4 cm³/mol. The Morgan fingerprint density at radius 3 is 2.46 bits per heavy atom. The monoisotopic (exact) mass is 356 g/mol. The topological polar surface area (TPSA) is 76.7 Å². The van der Waals surface area contributed by atoms with Gasteiger partial charge >= 0.3 is 5.97 Å². The summed E-state index contributed by atoms with van der Waals surface area (Å²) in [5.74, 6) is 0.0978. The van der Waals surface area contributed by atoms with Crippen molar-refractivity contribution in [2.75, 3.05) is 33.4 Å². The van der Waals surface area contributed by atoms with Crippen molar-refractivity contribution in [1.29, 1.82) is 0 Å². The smallest absolute Gasteiger partial charge is 0.310 e. The van der Waals surface area contributed by atoms with E-state index >= 15 is 0 Å². The number of carbonyl (C=O) groups is 2. The predicted octanol–water partition coefficient (Wildman–Crippen LogP) is 1.17. The third-order valence-corrected chi connectivity index (χ3v) is 3.93. The molecule has 2 rings (SSSR count). The molecule has 0 saturated carbocycles. The van der Waals surface area contributed by atoms with E-state index in [4.69, 9.17) is 9.47 Å². The van der Waals surface area contributed by atoms with Gasteiger partial charge in [0.2, 0.25) is 5.91 Å². The first kappa shape index (κ1) is 20.3. The lowest BCUT2D eigenvalue weighted by atomic mass is 9.98. The molecule has 0 spiro atoms. The maximum atomic E-state index is 11.9. The average Bonchev–Trinajstić information content (AvgIpc) is 2.51. The maximum Gasteiger partial charge on any atom is 0.310 e. The second kappa shape index (κ2) is 10.2. The fraction of sp³-hybridized carbons (Fsp3) is 0.529. The molecule has 1 unspecified atom stereocenters. The first-order valence-corrected chi connectivity index (χ1v) is 7.92. The minimum atomic E-state index is -0.394. The van der Waals surface area contributed by atoms with E-state index in [0.29, 0.717) is 26.1 Å². The summed E-state index contributed by atoms with van der Waals surface area (Å²) in [6, 6.07) is 7.62. The molecule has 1 saturated heterocycles. The highest BCUT2D eigenvalue weighted by Gasteiger charge is 2.27. The molecule has 0 bridgehead atoms. The second-order valence-electron chi connectivity index (χ2n) is 5.60. The average molecular weight is 357 g/mol. The molecule has 0 aliphatic carbocycles. The van der Waals surface area contributed by atoms with E-state index in [2.05, 4.69) is 10.6 Å². The Labute approximate surface area is 148 Å². The molecule has 6 nitrogen and oxygen atoms in total. The third kappa shape index (κ3) is 5.69. The van der Waals surface area contributed by atoms with Crippen LogP contribution in [0, 0.1) is 11.8 Å². The highest BCUT2D eigenvalue weighted by Crippen LogP contribution is 2.16. The Morgan fingerprint density at radius 1 is 1.29 bits per heavy atom. The fourth-order valence-electron chi connectivity index (χ4n) is 2.42. The van der Waals surface area contributed by atoms with Crippen LogP contribution in [-0.2, 0) is 20.7 Å². The number of hydrogen-bond acceptors (Lipinski definition) is 5. The number of hydrogen-bond donors (Lipinski definition) is 2. The number of esters is 1. The van der Waals surface area contributed by atoms with Gasteiger partial charge in [0.05, 0.1) is 25.6 Å². The van der Waals surface area contributed by atoms with Gasteiger partial charge in [-0.15, -0.1) is 12.4 Å². The molecule has 1 fully saturated rings. The fourth-order valence-corrected chi connectivity index (χ4v) is 2.42. The van der Waals surface area contributed by atoms with Gasteiger partial charge in [-0.05, 0) is 31.0 Å². The van der Waals surface area contributed by atoms with Crippen molar-refractivity contribution in [3.05, 3.63) is 29.8 Å². The molecule has 24 heavy (non-hydrogen) atoms. The van der Waals surface area contributed by atoms with Crippen LogP contribution in [0.5, 0.6) is 5.75 Å². The number of carbonyl (C=O) groups excluding carboxylic acids is 2. The number of halogens is 1. The quantitative estimate of drug-likeness (QED) is 0.684. The minimum absolute atomic E-state index is 0. The minimum Gasteiger partial charge on any atom is -0.494 e. The van der Waals surface area contributed by atoms with Gasteiger partial charge in [-0.1, -0.05) is 12.1 Å². The molecule has 1 atom stereocenters. The second-order valence-corrected chi connectivity index (χ2v) is 5.60. The van der Waals surface area contributed by atoms with E-state index in [1.54, 1.807) is 0 Å². The zero-order chi connectivity index (χ0) is 16.7. The molecule has 1 amide bonds. The van der Waals surface area contributed by atoms with Crippen LogP contribution in [0.15, 0.2) is 24.3 Å². The lowest BCUT2D eigenvalue weighted by Gasteiger charge is -2.26. The highest BCUT2D eigenvalue weighted by molar-refractivity contribution is 5.85. The number of nitrogens with one attached hydrogen (secondary N) is 2.